The van der Waals surface area contributed by atoms with Crippen molar-refractivity contribution in [2.45, 2.75) is 45.3 Å². The number of hydrogen-bond acceptors (Lipinski definition) is 4. The third-order valence-electron chi connectivity index (χ3n) is 1.63. The lowest BCUT2D eigenvalue weighted by Gasteiger charge is -2.27. The van der Waals surface area contributed by atoms with Crippen molar-refractivity contribution in [2.75, 3.05) is 6.61 Å². The van der Waals surface area contributed by atoms with Crippen molar-refractivity contribution in [2.24, 2.45) is 0 Å². The van der Waals surface area contributed by atoms with Gasteiger partial charge in [-0.15, -0.1) is 0 Å². The molecule has 78 valence electrons. The molecule has 0 aliphatic rings. The van der Waals surface area contributed by atoms with Crippen LogP contribution >= 0.6 is 0 Å². The summed E-state index contributed by atoms with van der Waals surface area (Å²) in [6.45, 7) is 6.12. The van der Waals surface area contributed by atoms with Crippen LogP contribution < -0.4 is 0 Å². The second-order valence-corrected chi connectivity index (χ2v) is 4.05. The molecule has 4 nitrogen and oxygen atoms in total. The van der Waals surface area contributed by atoms with Gasteiger partial charge in [0.15, 0.2) is 5.60 Å². The number of carbonyl (C=O) groups excluding carboxylic acids is 1. The van der Waals surface area contributed by atoms with Crippen molar-refractivity contribution < 1.29 is 19.7 Å². The van der Waals surface area contributed by atoms with Crippen molar-refractivity contribution in [1.29, 1.82) is 0 Å². The molecule has 0 bridgehead atoms. The molecule has 0 rings (SSSR count). The lowest BCUT2D eigenvalue weighted by Crippen LogP contribution is -2.45. The fourth-order valence-corrected chi connectivity index (χ4v) is 0.694. The van der Waals surface area contributed by atoms with Crippen LogP contribution in [-0.4, -0.2) is 34.0 Å². The van der Waals surface area contributed by atoms with Crippen LogP contribution in [0.5, 0.6) is 0 Å². The molecule has 1 unspecified atom stereocenters. The van der Waals surface area contributed by atoms with Crippen LogP contribution in [0, 0.1) is 0 Å². The molecule has 0 aromatic rings. The number of ether oxygens (including phenoxy) is 1. The number of aliphatic hydroxyl groups is 2. The Kier molecular flexibility index (Phi) is 3.88. The van der Waals surface area contributed by atoms with E-state index < -0.39 is 23.8 Å². The van der Waals surface area contributed by atoms with E-state index in [0.717, 1.165) is 0 Å². The summed E-state index contributed by atoms with van der Waals surface area (Å²) in [6, 6.07) is 0. The Hall–Kier alpha value is -0.610. The quantitative estimate of drug-likeness (QED) is 0.634. The molecule has 2 N–H and O–H groups in total. The fourth-order valence-electron chi connectivity index (χ4n) is 0.694. The summed E-state index contributed by atoms with van der Waals surface area (Å²) < 4.78 is 4.94. The van der Waals surface area contributed by atoms with Gasteiger partial charge in [0, 0.05) is 0 Å². The first kappa shape index (κ1) is 12.4. The highest BCUT2D eigenvalue weighted by Gasteiger charge is 2.37. The molecular formula is C9H18O4. The highest BCUT2D eigenvalue weighted by Crippen LogP contribution is 2.16. The molecule has 0 aliphatic heterocycles. The standard InChI is InChI=1S/C9H18O4/c1-5-9(12,6-10)7(11)13-8(2,3)4/h10,12H,5-6H2,1-4H3. The SMILES string of the molecule is CCC(O)(CO)C(=O)OC(C)(C)C. The number of carbonyl (C=O) groups is 1. The molecule has 4 heteroatoms. The zero-order chi connectivity index (χ0) is 10.7. The van der Waals surface area contributed by atoms with Gasteiger partial charge in [0.1, 0.15) is 5.60 Å². The van der Waals surface area contributed by atoms with E-state index in [-0.39, 0.29) is 6.42 Å². The first-order valence-electron chi connectivity index (χ1n) is 4.32. The molecule has 0 aliphatic carbocycles. The van der Waals surface area contributed by atoms with Crippen molar-refractivity contribution >= 4 is 5.97 Å². The largest absolute Gasteiger partial charge is 0.458 e. The van der Waals surface area contributed by atoms with Gasteiger partial charge in [-0.05, 0) is 27.2 Å². The van der Waals surface area contributed by atoms with E-state index in [1.807, 2.05) is 0 Å². The first-order chi connectivity index (χ1) is 5.75. The number of hydrogen-bond donors (Lipinski definition) is 2. The third kappa shape index (κ3) is 3.74. The van der Waals surface area contributed by atoms with E-state index in [9.17, 15) is 9.90 Å². The molecule has 0 saturated heterocycles. The van der Waals surface area contributed by atoms with Crippen LogP contribution in [0.2, 0.25) is 0 Å². The Morgan fingerprint density at radius 1 is 1.38 bits per heavy atom. The summed E-state index contributed by atoms with van der Waals surface area (Å²) in [6.07, 6.45) is 0.137. The summed E-state index contributed by atoms with van der Waals surface area (Å²) in [5.74, 6) is -0.773. The Labute approximate surface area is 78.5 Å². The van der Waals surface area contributed by atoms with Crippen LogP contribution in [0.3, 0.4) is 0 Å². The van der Waals surface area contributed by atoms with E-state index in [1.165, 1.54) is 0 Å². The normalized spacial score (nSPS) is 16.5. The lowest BCUT2D eigenvalue weighted by molar-refractivity contribution is -0.181. The Morgan fingerprint density at radius 3 is 2.08 bits per heavy atom. The minimum Gasteiger partial charge on any atom is -0.458 e. The molecule has 1 atom stereocenters. The van der Waals surface area contributed by atoms with Gasteiger partial charge >= 0.3 is 5.97 Å². The number of aliphatic hydroxyl groups excluding tert-OH is 1. The molecule has 0 amide bonds. The van der Waals surface area contributed by atoms with Gasteiger partial charge in [-0.3, -0.25) is 0 Å². The van der Waals surface area contributed by atoms with E-state index >= 15 is 0 Å². The van der Waals surface area contributed by atoms with Crippen molar-refractivity contribution in [3.05, 3.63) is 0 Å². The molecule has 0 aromatic carbocycles. The second kappa shape index (κ2) is 4.07. The molecule has 0 radical (unpaired) electrons. The van der Waals surface area contributed by atoms with Crippen LogP contribution in [0.25, 0.3) is 0 Å². The Bertz CT molecular complexity index is 177. The first-order valence-corrected chi connectivity index (χ1v) is 4.32. The van der Waals surface area contributed by atoms with Gasteiger partial charge in [0.2, 0.25) is 0 Å². The summed E-state index contributed by atoms with van der Waals surface area (Å²) in [7, 11) is 0. The smallest absolute Gasteiger partial charge is 0.341 e. The average molecular weight is 190 g/mol. The highest BCUT2D eigenvalue weighted by atomic mass is 16.6. The summed E-state index contributed by atoms with van der Waals surface area (Å²) in [5, 5.41) is 18.3. The topological polar surface area (TPSA) is 66.8 Å². The zero-order valence-corrected chi connectivity index (χ0v) is 8.63. The predicted octanol–water partition coefficient (Wildman–Crippen LogP) is 0.461. The Balaban J connectivity index is 4.41. The lowest BCUT2D eigenvalue weighted by atomic mass is 10.0. The van der Waals surface area contributed by atoms with E-state index in [2.05, 4.69) is 0 Å². The Morgan fingerprint density at radius 2 is 1.85 bits per heavy atom. The van der Waals surface area contributed by atoms with Crippen LogP contribution in [0.15, 0.2) is 0 Å². The van der Waals surface area contributed by atoms with Gasteiger partial charge in [-0.2, -0.15) is 0 Å². The number of rotatable bonds is 3. The maximum atomic E-state index is 11.3. The predicted molar refractivity (Wildman–Crippen MR) is 48.2 cm³/mol. The molecule has 0 spiro atoms. The van der Waals surface area contributed by atoms with Crippen molar-refractivity contribution in [3.8, 4) is 0 Å². The average Bonchev–Trinajstić information content (AvgIpc) is 2.00. The molecule has 0 fully saturated rings. The monoisotopic (exact) mass is 190 g/mol. The molecule has 0 saturated carbocycles. The van der Waals surface area contributed by atoms with Gasteiger partial charge in [-0.25, -0.2) is 4.79 Å². The van der Waals surface area contributed by atoms with E-state index in [1.54, 1.807) is 27.7 Å². The molecule has 0 aromatic heterocycles. The maximum Gasteiger partial charge on any atom is 0.341 e. The summed E-state index contributed by atoms with van der Waals surface area (Å²) in [4.78, 5) is 11.3. The second-order valence-electron chi connectivity index (χ2n) is 4.05. The summed E-state index contributed by atoms with van der Waals surface area (Å²) in [5.41, 5.74) is -2.40. The minimum atomic E-state index is -1.76. The minimum absolute atomic E-state index is 0.137. The molecule has 0 heterocycles. The number of esters is 1. The fraction of sp³-hybridized carbons (Fsp3) is 0.889. The zero-order valence-electron chi connectivity index (χ0n) is 8.63. The maximum absolute atomic E-state index is 11.3. The third-order valence-corrected chi connectivity index (χ3v) is 1.63. The van der Waals surface area contributed by atoms with Crippen LogP contribution in [0.4, 0.5) is 0 Å². The van der Waals surface area contributed by atoms with Crippen LogP contribution in [0.1, 0.15) is 34.1 Å². The summed E-state index contributed by atoms with van der Waals surface area (Å²) >= 11 is 0. The van der Waals surface area contributed by atoms with Crippen molar-refractivity contribution in [3.63, 3.8) is 0 Å². The van der Waals surface area contributed by atoms with Gasteiger partial charge in [0.25, 0.3) is 0 Å². The molecule has 13 heavy (non-hydrogen) atoms. The van der Waals surface area contributed by atoms with E-state index in [0.29, 0.717) is 0 Å². The van der Waals surface area contributed by atoms with E-state index in [4.69, 9.17) is 9.84 Å². The van der Waals surface area contributed by atoms with Gasteiger partial charge in [0.05, 0.1) is 6.61 Å². The van der Waals surface area contributed by atoms with Crippen molar-refractivity contribution in [1.82, 2.24) is 0 Å². The van der Waals surface area contributed by atoms with Gasteiger partial charge < -0.3 is 14.9 Å². The van der Waals surface area contributed by atoms with Crippen LogP contribution in [-0.2, 0) is 9.53 Å². The molecular weight excluding hydrogens is 172 g/mol. The highest BCUT2D eigenvalue weighted by molar-refractivity contribution is 5.79. The van der Waals surface area contributed by atoms with Gasteiger partial charge in [-0.1, -0.05) is 6.92 Å².